The maximum absolute atomic E-state index is 13.7. The van der Waals surface area contributed by atoms with E-state index >= 15 is 0 Å². The summed E-state index contributed by atoms with van der Waals surface area (Å²) in [6, 6.07) is 31.0. The maximum Gasteiger partial charge on any atom is 0.322 e. The first kappa shape index (κ1) is 37.5. The van der Waals surface area contributed by atoms with Gasteiger partial charge < -0.3 is 31.7 Å². The standard InChI is InChI=1S/C39H41N5O7/c1-26-12-18-31(19-13-26)42-35(46)21-20-34(45)40-24-36(47)43-33(23-28-14-16-30(17-15-28)29-10-6-3-7-11-29)39(51)44-32(38(50)41-25-37(48)49)22-27-8-4-2-5-9-27/h2-19,32-33H,20-25H2,1H3,(H,40,45)(H,41,50)(H,42,46)(H,43,47)(H,44,51)(H,48,49)/t32-,33-/m1/s1. The molecule has 12 heteroatoms. The molecule has 2 atom stereocenters. The highest BCUT2D eigenvalue weighted by Crippen LogP contribution is 2.20. The first-order valence-corrected chi connectivity index (χ1v) is 16.5. The van der Waals surface area contributed by atoms with Crippen molar-refractivity contribution in [1.29, 1.82) is 0 Å². The molecule has 51 heavy (non-hydrogen) atoms. The lowest BCUT2D eigenvalue weighted by Gasteiger charge is -2.23. The van der Waals surface area contributed by atoms with E-state index in [2.05, 4.69) is 26.6 Å². The van der Waals surface area contributed by atoms with Crippen LogP contribution in [-0.2, 0) is 41.6 Å². The molecular weight excluding hydrogens is 650 g/mol. The van der Waals surface area contributed by atoms with Gasteiger partial charge in [0.25, 0.3) is 0 Å². The summed E-state index contributed by atoms with van der Waals surface area (Å²) in [5.41, 5.74) is 5.05. The van der Waals surface area contributed by atoms with Crippen molar-refractivity contribution in [2.75, 3.05) is 18.4 Å². The number of anilines is 1. The van der Waals surface area contributed by atoms with Crippen molar-refractivity contribution in [2.24, 2.45) is 0 Å². The van der Waals surface area contributed by atoms with Gasteiger partial charge in [0.2, 0.25) is 29.5 Å². The second-order valence-electron chi connectivity index (χ2n) is 11.9. The summed E-state index contributed by atoms with van der Waals surface area (Å²) in [6.45, 7) is 0.833. The van der Waals surface area contributed by atoms with Crippen LogP contribution < -0.4 is 26.6 Å². The Balaban J connectivity index is 1.42. The Morgan fingerprint density at radius 3 is 1.73 bits per heavy atom. The molecule has 0 aromatic heterocycles. The summed E-state index contributed by atoms with van der Waals surface area (Å²) in [5, 5.41) is 21.9. The van der Waals surface area contributed by atoms with Crippen molar-refractivity contribution in [3.05, 3.63) is 126 Å². The molecule has 0 aliphatic rings. The van der Waals surface area contributed by atoms with E-state index in [-0.39, 0.29) is 31.6 Å². The van der Waals surface area contributed by atoms with Crippen LogP contribution in [0.15, 0.2) is 109 Å². The third kappa shape index (κ3) is 12.9. The lowest BCUT2D eigenvalue weighted by Crippen LogP contribution is -2.56. The molecule has 0 bridgehead atoms. The Morgan fingerprint density at radius 1 is 0.549 bits per heavy atom. The molecule has 0 heterocycles. The van der Waals surface area contributed by atoms with Gasteiger partial charge in [0.1, 0.15) is 18.6 Å². The Hall–Kier alpha value is -6.30. The number of carbonyl (C=O) groups is 6. The SMILES string of the molecule is Cc1ccc(NC(=O)CCC(=O)NCC(=O)N[C@H](Cc2ccc(-c3ccccc3)cc2)C(=O)N[C@H](Cc2ccccc2)C(=O)NCC(=O)O)cc1. The summed E-state index contributed by atoms with van der Waals surface area (Å²) in [5.74, 6) is -4.17. The first-order valence-electron chi connectivity index (χ1n) is 16.5. The molecule has 264 valence electrons. The van der Waals surface area contributed by atoms with Crippen molar-refractivity contribution in [2.45, 2.75) is 44.7 Å². The molecule has 4 rings (SSSR count). The van der Waals surface area contributed by atoms with E-state index in [4.69, 9.17) is 5.11 Å². The van der Waals surface area contributed by atoms with Crippen LogP contribution >= 0.6 is 0 Å². The monoisotopic (exact) mass is 691 g/mol. The zero-order valence-electron chi connectivity index (χ0n) is 28.2. The largest absolute Gasteiger partial charge is 0.480 e. The fourth-order valence-electron chi connectivity index (χ4n) is 5.13. The van der Waals surface area contributed by atoms with Crippen LogP contribution in [0.25, 0.3) is 11.1 Å². The third-order valence-electron chi connectivity index (χ3n) is 7.84. The van der Waals surface area contributed by atoms with Crippen LogP contribution in [0, 0.1) is 6.92 Å². The van der Waals surface area contributed by atoms with Crippen LogP contribution in [0.4, 0.5) is 5.69 Å². The van der Waals surface area contributed by atoms with Gasteiger partial charge in [0.05, 0.1) is 6.54 Å². The van der Waals surface area contributed by atoms with Gasteiger partial charge in [-0.25, -0.2) is 0 Å². The summed E-state index contributed by atoms with van der Waals surface area (Å²) >= 11 is 0. The smallest absolute Gasteiger partial charge is 0.322 e. The van der Waals surface area contributed by atoms with Crippen LogP contribution in [0.2, 0.25) is 0 Å². The summed E-state index contributed by atoms with van der Waals surface area (Å²) in [7, 11) is 0. The van der Waals surface area contributed by atoms with Crippen molar-refractivity contribution in [1.82, 2.24) is 21.3 Å². The Bertz CT molecular complexity index is 1800. The molecule has 0 aliphatic carbocycles. The number of hydrogen-bond acceptors (Lipinski definition) is 6. The van der Waals surface area contributed by atoms with Crippen molar-refractivity contribution >= 4 is 41.2 Å². The van der Waals surface area contributed by atoms with E-state index in [0.29, 0.717) is 11.3 Å². The van der Waals surface area contributed by atoms with Crippen LogP contribution in [0.3, 0.4) is 0 Å². The van der Waals surface area contributed by atoms with E-state index in [0.717, 1.165) is 22.3 Å². The molecule has 6 N–H and O–H groups in total. The lowest BCUT2D eigenvalue weighted by atomic mass is 9.99. The van der Waals surface area contributed by atoms with Crippen molar-refractivity contribution < 1.29 is 33.9 Å². The quantitative estimate of drug-likeness (QED) is 0.0983. The van der Waals surface area contributed by atoms with Gasteiger partial charge in [-0.15, -0.1) is 0 Å². The van der Waals surface area contributed by atoms with E-state index in [9.17, 15) is 28.8 Å². The Kier molecular flexibility index (Phi) is 14.0. The lowest BCUT2D eigenvalue weighted by molar-refractivity contribution is -0.138. The van der Waals surface area contributed by atoms with Gasteiger partial charge in [0.15, 0.2) is 0 Å². The second-order valence-corrected chi connectivity index (χ2v) is 11.9. The molecular formula is C39H41N5O7. The predicted molar refractivity (Wildman–Crippen MR) is 192 cm³/mol. The third-order valence-corrected chi connectivity index (χ3v) is 7.84. The number of nitrogens with one attached hydrogen (secondary N) is 5. The minimum Gasteiger partial charge on any atom is -0.480 e. The molecule has 12 nitrogen and oxygen atoms in total. The van der Waals surface area contributed by atoms with E-state index in [1.54, 1.807) is 42.5 Å². The number of aryl methyl sites for hydroxylation is 1. The number of carbonyl (C=O) groups excluding carboxylic acids is 5. The molecule has 5 amide bonds. The van der Waals surface area contributed by atoms with Crippen molar-refractivity contribution in [3.8, 4) is 11.1 Å². The number of benzene rings is 4. The Morgan fingerprint density at radius 2 is 1.10 bits per heavy atom. The highest BCUT2D eigenvalue weighted by atomic mass is 16.4. The van der Waals surface area contributed by atoms with Gasteiger partial charge in [0, 0.05) is 31.4 Å². The molecule has 0 fully saturated rings. The predicted octanol–water partition coefficient (Wildman–Crippen LogP) is 3.15. The number of rotatable bonds is 17. The topological polar surface area (TPSA) is 183 Å². The molecule has 0 spiro atoms. The zero-order chi connectivity index (χ0) is 36.6. The number of carboxylic acid groups (broad SMARTS) is 1. The van der Waals surface area contributed by atoms with Gasteiger partial charge in [-0.05, 0) is 41.3 Å². The highest BCUT2D eigenvalue weighted by Gasteiger charge is 2.28. The molecule has 4 aromatic rings. The zero-order valence-corrected chi connectivity index (χ0v) is 28.2. The van der Waals surface area contributed by atoms with Crippen molar-refractivity contribution in [3.63, 3.8) is 0 Å². The minimum absolute atomic E-state index is 0.0502. The van der Waals surface area contributed by atoms with Gasteiger partial charge in [-0.2, -0.15) is 0 Å². The van der Waals surface area contributed by atoms with E-state index < -0.39 is 54.8 Å². The molecule has 0 radical (unpaired) electrons. The summed E-state index contributed by atoms with van der Waals surface area (Å²) < 4.78 is 0. The van der Waals surface area contributed by atoms with E-state index in [1.807, 2.05) is 73.7 Å². The average molecular weight is 692 g/mol. The van der Waals surface area contributed by atoms with Gasteiger partial charge in [-0.3, -0.25) is 28.8 Å². The second kappa shape index (κ2) is 19.0. The van der Waals surface area contributed by atoms with E-state index in [1.165, 1.54) is 0 Å². The number of amides is 5. The van der Waals surface area contributed by atoms with Crippen LogP contribution in [-0.4, -0.2) is 65.8 Å². The molecule has 0 aliphatic heterocycles. The molecule has 0 unspecified atom stereocenters. The Labute approximate surface area is 296 Å². The number of carboxylic acids is 1. The fourth-order valence-corrected chi connectivity index (χ4v) is 5.13. The average Bonchev–Trinajstić information content (AvgIpc) is 3.13. The summed E-state index contributed by atoms with van der Waals surface area (Å²) in [6.07, 6.45) is -0.139. The van der Waals surface area contributed by atoms with Crippen LogP contribution in [0.1, 0.15) is 29.5 Å². The van der Waals surface area contributed by atoms with Gasteiger partial charge >= 0.3 is 5.97 Å². The number of hydrogen-bond donors (Lipinski definition) is 6. The normalized spacial score (nSPS) is 11.7. The number of aliphatic carboxylic acids is 1. The first-order chi connectivity index (χ1) is 24.5. The highest BCUT2D eigenvalue weighted by molar-refractivity contribution is 5.95. The summed E-state index contributed by atoms with van der Waals surface area (Å²) in [4.78, 5) is 75.7. The van der Waals surface area contributed by atoms with Gasteiger partial charge in [-0.1, -0.05) is 103 Å². The molecule has 0 saturated carbocycles. The van der Waals surface area contributed by atoms with Crippen LogP contribution in [0.5, 0.6) is 0 Å². The molecule has 4 aromatic carbocycles. The maximum atomic E-state index is 13.7. The minimum atomic E-state index is -1.24. The fraction of sp³-hybridized carbons (Fsp3) is 0.231. The molecule has 0 saturated heterocycles.